The van der Waals surface area contributed by atoms with Crippen molar-refractivity contribution in [1.82, 2.24) is 9.71 Å². The molecule has 1 heterocycles. The fourth-order valence-electron chi connectivity index (χ4n) is 3.78. The first-order valence-electron chi connectivity index (χ1n) is 8.31. The molecule has 6 heteroatoms. The van der Waals surface area contributed by atoms with Gasteiger partial charge in [-0.2, -0.15) is 0 Å². The summed E-state index contributed by atoms with van der Waals surface area (Å²) in [6.07, 6.45) is 1.93. The molecular weight excluding hydrogens is 400 g/mol. The lowest BCUT2D eigenvalue weighted by molar-refractivity contribution is 0.556. The lowest BCUT2D eigenvalue weighted by atomic mass is 9.83. The molecule has 0 amide bonds. The van der Waals surface area contributed by atoms with Crippen molar-refractivity contribution in [3.8, 4) is 0 Å². The zero-order chi connectivity index (χ0) is 17.6. The predicted molar refractivity (Wildman–Crippen MR) is 103 cm³/mol. The Balaban J connectivity index is 1.61. The van der Waals surface area contributed by atoms with Crippen LogP contribution in [0.3, 0.4) is 0 Å². The summed E-state index contributed by atoms with van der Waals surface area (Å²) in [4.78, 5) is 3.74. The zero-order valence-electron chi connectivity index (χ0n) is 13.8. The van der Waals surface area contributed by atoms with E-state index in [1.807, 2.05) is 0 Å². The number of rotatable bonds is 4. The Kier molecular flexibility index (Phi) is 4.22. The van der Waals surface area contributed by atoms with Crippen molar-refractivity contribution >= 4 is 36.9 Å². The van der Waals surface area contributed by atoms with E-state index in [0.717, 1.165) is 28.5 Å². The van der Waals surface area contributed by atoms with Crippen molar-refractivity contribution < 1.29 is 8.42 Å². The Labute approximate surface area is 155 Å². The standard InChI is InChI=1S/C19H19BrN2O2S/c1-12-18-14(6-5-13-3-2-4-17(22-12)19(13)18)11-21-25(23,24)16-9-7-15(20)8-10-16/h2-4,7-10,14,21-22H,5-6,11H2,1H3. The maximum Gasteiger partial charge on any atom is 0.240 e. The number of aromatic nitrogens is 1. The van der Waals surface area contributed by atoms with Gasteiger partial charge in [0.15, 0.2) is 0 Å². The van der Waals surface area contributed by atoms with E-state index in [0.29, 0.717) is 11.4 Å². The summed E-state index contributed by atoms with van der Waals surface area (Å²) in [6.45, 7) is 2.49. The van der Waals surface area contributed by atoms with Gasteiger partial charge in [0.25, 0.3) is 0 Å². The maximum atomic E-state index is 12.6. The third kappa shape index (κ3) is 3.03. The van der Waals surface area contributed by atoms with Gasteiger partial charge in [-0.05, 0) is 61.2 Å². The number of halogens is 1. The summed E-state index contributed by atoms with van der Waals surface area (Å²) in [5.74, 6) is 0.189. The van der Waals surface area contributed by atoms with Gasteiger partial charge in [-0.25, -0.2) is 13.1 Å². The van der Waals surface area contributed by atoms with Crippen LogP contribution in [0.1, 0.15) is 29.2 Å². The van der Waals surface area contributed by atoms with E-state index in [2.05, 4.69) is 50.8 Å². The summed E-state index contributed by atoms with van der Waals surface area (Å²) in [6, 6.07) is 13.0. The van der Waals surface area contributed by atoms with E-state index < -0.39 is 10.0 Å². The molecule has 3 aromatic rings. The molecule has 0 radical (unpaired) electrons. The van der Waals surface area contributed by atoms with E-state index in [1.165, 1.54) is 16.5 Å². The van der Waals surface area contributed by atoms with Crippen LogP contribution in [0.2, 0.25) is 0 Å². The van der Waals surface area contributed by atoms with Gasteiger partial charge in [0.05, 0.1) is 4.90 Å². The van der Waals surface area contributed by atoms with Crippen LogP contribution in [0.4, 0.5) is 0 Å². The second-order valence-electron chi connectivity index (χ2n) is 6.54. The number of hydrogen-bond acceptors (Lipinski definition) is 2. The quantitative estimate of drug-likeness (QED) is 0.664. The van der Waals surface area contributed by atoms with Gasteiger partial charge < -0.3 is 4.98 Å². The first-order valence-corrected chi connectivity index (χ1v) is 10.6. The molecule has 2 N–H and O–H groups in total. The Bertz CT molecular complexity index is 1040. The fourth-order valence-corrected chi connectivity index (χ4v) is 5.13. The Morgan fingerprint density at radius 1 is 1.20 bits per heavy atom. The van der Waals surface area contributed by atoms with Crippen molar-refractivity contribution in [2.45, 2.75) is 30.6 Å². The molecule has 4 rings (SSSR count). The summed E-state index contributed by atoms with van der Waals surface area (Å²) < 4.78 is 28.8. The van der Waals surface area contributed by atoms with Gasteiger partial charge in [-0.3, -0.25) is 0 Å². The average molecular weight is 419 g/mol. The maximum absolute atomic E-state index is 12.6. The molecule has 0 saturated carbocycles. The van der Waals surface area contributed by atoms with Gasteiger partial charge >= 0.3 is 0 Å². The van der Waals surface area contributed by atoms with Crippen LogP contribution in [0.5, 0.6) is 0 Å². The molecule has 130 valence electrons. The lowest BCUT2D eigenvalue weighted by Crippen LogP contribution is -2.29. The minimum Gasteiger partial charge on any atom is -0.358 e. The van der Waals surface area contributed by atoms with Crippen LogP contribution in [0.15, 0.2) is 51.8 Å². The van der Waals surface area contributed by atoms with Crippen LogP contribution < -0.4 is 4.72 Å². The number of sulfonamides is 1. The van der Waals surface area contributed by atoms with Crippen LogP contribution in [0.25, 0.3) is 10.9 Å². The van der Waals surface area contributed by atoms with Gasteiger partial charge in [0.2, 0.25) is 10.0 Å². The van der Waals surface area contributed by atoms with E-state index in [4.69, 9.17) is 0 Å². The largest absolute Gasteiger partial charge is 0.358 e. The van der Waals surface area contributed by atoms with Gasteiger partial charge in [-0.1, -0.05) is 28.1 Å². The first-order chi connectivity index (χ1) is 12.0. The van der Waals surface area contributed by atoms with E-state index in [9.17, 15) is 8.42 Å². The van der Waals surface area contributed by atoms with Crippen molar-refractivity contribution in [2.75, 3.05) is 6.54 Å². The zero-order valence-corrected chi connectivity index (χ0v) is 16.2. The predicted octanol–water partition coefficient (Wildman–Crippen LogP) is 4.25. The van der Waals surface area contributed by atoms with Crippen LogP contribution in [-0.4, -0.2) is 19.9 Å². The Morgan fingerprint density at radius 3 is 2.72 bits per heavy atom. The van der Waals surface area contributed by atoms with Crippen LogP contribution in [0, 0.1) is 6.92 Å². The van der Waals surface area contributed by atoms with Crippen molar-refractivity contribution in [2.24, 2.45) is 0 Å². The number of aromatic amines is 1. The van der Waals surface area contributed by atoms with E-state index in [-0.39, 0.29) is 5.92 Å². The van der Waals surface area contributed by atoms with E-state index >= 15 is 0 Å². The molecule has 1 atom stereocenters. The number of aryl methyl sites for hydroxylation is 2. The fraction of sp³-hybridized carbons (Fsp3) is 0.263. The van der Waals surface area contributed by atoms with Crippen molar-refractivity contribution in [1.29, 1.82) is 0 Å². The highest BCUT2D eigenvalue weighted by Crippen LogP contribution is 2.38. The highest BCUT2D eigenvalue weighted by Gasteiger charge is 2.26. The SMILES string of the molecule is Cc1[nH]c2cccc3c2c1C(CNS(=O)(=O)c1ccc(Br)cc1)CC3. The van der Waals surface area contributed by atoms with E-state index in [1.54, 1.807) is 24.3 Å². The van der Waals surface area contributed by atoms with Gasteiger partial charge in [0.1, 0.15) is 0 Å². The molecule has 25 heavy (non-hydrogen) atoms. The second-order valence-corrected chi connectivity index (χ2v) is 9.23. The molecule has 0 bridgehead atoms. The third-order valence-corrected chi connectivity index (χ3v) is 6.93. The lowest BCUT2D eigenvalue weighted by Gasteiger charge is -2.24. The second kappa shape index (κ2) is 6.27. The summed E-state index contributed by atoms with van der Waals surface area (Å²) in [5, 5.41) is 1.28. The molecule has 1 aliphatic rings. The summed E-state index contributed by atoms with van der Waals surface area (Å²) >= 11 is 3.33. The summed E-state index contributed by atoms with van der Waals surface area (Å²) in [5.41, 5.74) is 4.89. The molecule has 0 aliphatic heterocycles. The molecule has 0 fully saturated rings. The molecule has 1 aromatic heterocycles. The third-order valence-electron chi connectivity index (χ3n) is 4.96. The number of hydrogen-bond donors (Lipinski definition) is 2. The average Bonchev–Trinajstić information content (AvgIpc) is 2.93. The number of nitrogens with one attached hydrogen (secondary N) is 2. The Hall–Kier alpha value is -1.63. The molecule has 1 aliphatic carbocycles. The molecule has 1 unspecified atom stereocenters. The van der Waals surface area contributed by atoms with Gasteiger partial charge in [0, 0.05) is 33.5 Å². The smallest absolute Gasteiger partial charge is 0.240 e. The van der Waals surface area contributed by atoms with Crippen molar-refractivity contribution in [3.63, 3.8) is 0 Å². The first kappa shape index (κ1) is 16.8. The molecule has 4 nitrogen and oxygen atoms in total. The van der Waals surface area contributed by atoms with Crippen molar-refractivity contribution in [3.05, 3.63) is 63.8 Å². The van der Waals surface area contributed by atoms with Crippen LogP contribution >= 0.6 is 15.9 Å². The molecule has 0 spiro atoms. The summed E-state index contributed by atoms with van der Waals surface area (Å²) in [7, 11) is -3.50. The minimum absolute atomic E-state index is 0.189. The Morgan fingerprint density at radius 2 is 1.96 bits per heavy atom. The number of benzene rings is 2. The highest BCUT2D eigenvalue weighted by molar-refractivity contribution is 9.10. The molecule has 0 saturated heterocycles. The minimum atomic E-state index is -3.50. The van der Waals surface area contributed by atoms with Gasteiger partial charge in [-0.15, -0.1) is 0 Å². The molecular formula is C19H19BrN2O2S. The topological polar surface area (TPSA) is 62.0 Å². The van der Waals surface area contributed by atoms with Crippen LogP contribution in [-0.2, 0) is 16.4 Å². The highest BCUT2D eigenvalue weighted by atomic mass is 79.9. The normalized spacial score (nSPS) is 17.1. The monoisotopic (exact) mass is 418 g/mol. The molecule has 2 aromatic carbocycles. The number of H-pyrrole nitrogens is 1.